The van der Waals surface area contributed by atoms with Crippen molar-refractivity contribution in [2.45, 2.75) is 13.8 Å². The first-order valence-electron chi connectivity index (χ1n) is 9.24. The van der Waals surface area contributed by atoms with Gasteiger partial charge in [-0.15, -0.1) is 0 Å². The van der Waals surface area contributed by atoms with Crippen LogP contribution in [0.15, 0.2) is 54.7 Å². The van der Waals surface area contributed by atoms with Gasteiger partial charge in [0.15, 0.2) is 0 Å². The van der Waals surface area contributed by atoms with Crippen LogP contribution in [0.3, 0.4) is 0 Å². The fourth-order valence-electron chi connectivity index (χ4n) is 2.76. The number of nitrogens with one attached hydrogen (secondary N) is 2. The maximum Gasteiger partial charge on any atom is 0.274 e. The smallest absolute Gasteiger partial charge is 0.274 e. The van der Waals surface area contributed by atoms with E-state index in [1.807, 2.05) is 0 Å². The maximum atomic E-state index is 12.5. The lowest BCUT2D eigenvalue weighted by Crippen LogP contribution is -2.17. The van der Waals surface area contributed by atoms with Crippen LogP contribution in [0.2, 0.25) is 0 Å². The Morgan fingerprint density at radius 2 is 1.28 bits per heavy atom. The van der Waals surface area contributed by atoms with Crippen LogP contribution in [0.5, 0.6) is 0 Å². The summed E-state index contributed by atoms with van der Waals surface area (Å²) >= 11 is 0. The number of aromatic nitrogens is 1. The van der Waals surface area contributed by atoms with E-state index in [1.165, 1.54) is 54.7 Å². The number of nitro groups is 2. The van der Waals surface area contributed by atoms with E-state index in [-0.39, 0.29) is 34.0 Å². The van der Waals surface area contributed by atoms with Gasteiger partial charge in [0.2, 0.25) is 0 Å². The molecule has 162 valence electrons. The summed E-state index contributed by atoms with van der Waals surface area (Å²) in [7, 11) is 0. The standard InChI is InChI=1S/C21H17N5O6/c1-12-3-6-15(25(29)30)9-18(12)23-20(27)14-5-8-17(22-11-14)21(28)24-19-10-16(26(31)32)7-4-13(19)2/h3-11H,1-2H3,(H,23,27)(H,24,28). The summed E-state index contributed by atoms with van der Waals surface area (Å²) < 4.78 is 0. The lowest BCUT2D eigenvalue weighted by Gasteiger charge is -2.09. The van der Waals surface area contributed by atoms with E-state index >= 15 is 0 Å². The van der Waals surface area contributed by atoms with E-state index in [9.17, 15) is 29.8 Å². The molecule has 0 aliphatic rings. The molecule has 32 heavy (non-hydrogen) atoms. The number of nitro benzene ring substituents is 2. The molecule has 11 nitrogen and oxygen atoms in total. The number of benzene rings is 2. The van der Waals surface area contributed by atoms with Crippen molar-refractivity contribution in [3.63, 3.8) is 0 Å². The minimum atomic E-state index is -0.602. The molecular weight excluding hydrogens is 418 g/mol. The van der Waals surface area contributed by atoms with Crippen molar-refractivity contribution in [3.8, 4) is 0 Å². The number of rotatable bonds is 6. The Hall–Kier alpha value is -4.67. The van der Waals surface area contributed by atoms with Gasteiger partial charge in [0.05, 0.1) is 26.8 Å². The SMILES string of the molecule is Cc1ccc([N+](=O)[O-])cc1NC(=O)c1ccc(C(=O)Nc2cc([N+](=O)[O-])ccc2C)nc1. The first kappa shape index (κ1) is 22.0. The topological polar surface area (TPSA) is 157 Å². The second-order valence-corrected chi connectivity index (χ2v) is 6.85. The summed E-state index contributed by atoms with van der Waals surface area (Å²) in [6.45, 7) is 3.39. The van der Waals surface area contributed by atoms with Crippen LogP contribution in [0.4, 0.5) is 22.7 Å². The van der Waals surface area contributed by atoms with Crippen molar-refractivity contribution in [3.05, 3.63) is 97.3 Å². The van der Waals surface area contributed by atoms with Crippen LogP contribution in [-0.4, -0.2) is 26.6 Å². The number of pyridine rings is 1. The number of carbonyl (C=O) groups excluding carboxylic acids is 2. The van der Waals surface area contributed by atoms with Gasteiger partial charge in [-0.3, -0.25) is 34.8 Å². The molecular formula is C21H17N5O6. The zero-order chi connectivity index (χ0) is 23.4. The van der Waals surface area contributed by atoms with Gasteiger partial charge in [0.25, 0.3) is 23.2 Å². The third-order valence-electron chi connectivity index (χ3n) is 4.62. The van der Waals surface area contributed by atoms with E-state index < -0.39 is 21.7 Å². The monoisotopic (exact) mass is 435 g/mol. The van der Waals surface area contributed by atoms with Gasteiger partial charge in [-0.2, -0.15) is 0 Å². The fraction of sp³-hybridized carbons (Fsp3) is 0.0952. The first-order valence-corrected chi connectivity index (χ1v) is 9.24. The summed E-state index contributed by atoms with van der Waals surface area (Å²) in [5.41, 5.74) is 1.64. The van der Waals surface area contributed by atoms with Crippen molar-refractivity contribution < 1.29 is 19.4 Å². The fourth-order valence-corrected chi connectivity index (χ4v) is 2.76. The number of amides is 2. The highest BCUT2D eigenvalue weighted by Gasteiger charge is 2.16. The Bertz CT molecular complexity index is 1140. The zero-order valence-corrected chi connectivity index (χ0v) is 17.0. The molecule has 0 fully saturated rings. The quantitative estimate of drug-likeness (QED) is 0.437. The minimum absolute atomic E-state index is 0.000939. The minimum Gasteiger partial charge on any atom is -0.321 e. The molecule has 2 aromatic carbocycles. The molecule has 0 spiro atoms. The molecule has 0 radical (unpaired) electrons. The first-order chi connectivity index (χ1) is 15.2. The second-order valence-electron chi connectivity index (χ2n) is 6.85. The summed E-state index contributed by atoms with van der Waals surface area (Å²) in [6, 6.07) is 10.9. The van der Waals surface area contributed by atoms with Gasteiger partial charge in [-0.05, 0) is 37.1 Å². The maximum absolute atomic E-state index is 12.5. The number of nitrogens with zero attached hydrogens (tertiary/aromatic N) is 3. The van der Waals surface area contributed by atoms with Gasteiger partial charge >= 0.3 is 0 Å². The normalized spacial score (nSPS) is 10.3. The molecule has 0 atom stereocenters. The average molecular weight is 435 g/mol. The average Bonchev–Trinajstić information content (AvgIpc) is 2.76. The molecule has 0 unspecified atom stereocenters. The predicted octanol–water partition coefficient (Wildman–Crippen LogP) is 4.02. The van der Waals surface area contributed by atoms with Crippen LogP contribution >= 0.6 is 0 Å². The number of non-ortho nitro benzene ring substituents is 2. The van der Waals surface area contributed by atoms with Gasteiger partial charge in [-0.25, -0.2) is 0 Å². The Morgan fingerprint density at radius 3 is 1.72 bits per heavy atom. The molecule has 0 aliphatic heterocycles. The largest absolute Gasteiger partial charge is 0.321 e. The molecule has 0 aliphatic carbocycles. The number of carbonyl (C=O) groups is 2. The predicted molar refractivity (Wildman–Crippen MR) is 116 cm³/mol. The molecule has 1 heterocycles. The summed E-state index contributed by atoms with van der Waals surface area (Å²) in [5.74, 6) is -1.15. The Morgan fingerprint density at radius 1 is 0.781 bits per heavy atom. The molecule has 3 rings (SSSR count). The van der Waals surface area contributed by atoms with Crippen molar-refractivity contribution in [1.82, 2.24) is 4.98 Å². The number of anilines is 2. The van der Waals surface area contributed by atoms with E-state index in [0.29, 0.717) is 11.1 Å². The molecule has 0 bridgehead atoms. The lowest BCUT2D eigenvalue weighted by molar-refractivity contribution is -0.385. The highest BCUT2D eigenvalue weighted by molar-refractivity contribution is 6.06. The van der Waals surface area contributed by atoms with Crippen molar-refractivity contribution in [2.75, 3.05) is 10.6 Å². The Kier molecular flexibility index (Phi) is 6.19. The van der Waals surface area contributed by atoms with Gasteiger partial charge in [0.1, 0.15) is 5.69 Å². The zero-order valence-electron chi connectivity index (χ0n) is 17.0. The van der Waals surface area contributed by atoms with Gasteiger partial charge in [0, 0.05) is 30.5 Å². The van der Waals surface area contributed by atoms with E-state index in [1.54, 1.807) is 13.8 Å². The van der Waals surface area contributed by atoms with Crippen molar-refractivity contribution in [2.24, 2.45) is 0 Å². The summed E-state index contributed by atoms with van der Waals surface area (Å²) in [4.78, 5) is 49.7. The van der Waals surface area contributed by atoms with Crippen LogP contribution in [0.1, 0.15) is 32.0 Å². The van der Waals surface area contributed by atoms with Crippen LogP contribution in [0, 0.1) is 34.1 Å². The number of hydrogen-bond donors (Lipinski definition) is 2. The molecule has 3 aromatic rings. The molecule has 2 amide bonds. The van der Waals surface area contributed by atoms with E-state index in [0.717, 1.165) is 0 Å². The Labute approximate surface area is 181 Å². The molecule has 2 N–H and O–H groups in total. The van der Waals surface area contributed by atoms with Gasteiger partial charge < -0.3 is 10.6 Å². The Balaban J connectivity index is 1.74. The number of aryl methyl sites for hydroxylation is 2. The van der Waals surface area contributed by atoms with Crippen LogP contribution in [0.25, 0.3) is 0 Å². The lowest BCUT2D eigenvalue weighted by atomic mass is 10.1. The molecule has 0 saturated carbocycles. The highest BCUT2D eigenvalue weighted by atomic mass is 16.6. The third-order valence-corrected chi connectivity index (χ3v) is 4.62. The highest BCUT2D eigenvalue weighted by Crippen LogP contribution is 2.23. The summed E-state index contributed by atoms with van der Waals surface area (Å²) in [6.07, 6.45) is 1.19. The molecule has 0 saturated heterocycles. The molecule has 1 aromatic heterocycles. The third kappa shape index (κ3) is 4.90. The van der Waals surface area contributed by atoms with E-state index in [2.05, 4.69) is 15.6 Å². The van der Waals surface area contributed by atoms with Crippen molar-refractivity contribution in [1.29, 1.82) is 0 Å². The van der Waals surface area contributed by atoms with Crippen LogP contribution in [-0.2, 0) is 0 Å². The summed E-state index contributed by atoms with van der Waals surface area (Å²) in [5, 5.41) is 27.0. The van der Waals surface area contributed by atoms with Crippen LogP contribution < -0.4 is 10.6 Å². The molecule has 11 heteroatoms. The van der Waals surface area contributed by atoms with Gasteiger partial charge in [-0.1, -0.05) is 12.1 Å². The van der Waals surface area contributed by atoms with E-state index in [4.69, 9.17) is 0 Å². The van der Waals surface area contributed by atoms with Crippen molar-refractivity contribution >= 4 is 34.6 Å². The second kappa shape index (κ2) is 9.00. The number of hydrogen-bond acceptors (Lipinski definition) is 7.